The van der Waals surface area contributed by atoms with E-state index in [1.54, 1.807) is 12.1 Å². The van der Waals surface area contributed by atoms with E-state index in [4.69, 9.17) is 0 Å². The first-order chi connectivity index (χ1) is 12.6. The summed E-state index contributed by atoms with van der Waals surface area (Å²) in [6.45, 7) is 0. The van der Waals surface area contributed by atoms with Crippen molar-refractivity contribution >= 4 is 39.6 Å². The number of hydrogen-bond acceptors (Lipinski definition) is 4. The van der Waals surface area contributed by atoms with Crippen molar-refractivity contribution in [1.29, 1.82) is 0 Å². The number of benzene rings is 2. The van der Waals surface area contributed by atoms with Crippen LogP contribution >= 0.6 is 15.9 Å². The number of anilines is 1. The zero-order valence-electron chi connectivity index (χ0n) is 13.5. The average Bonchev–Trinajstić information content (AvgIpc) is 2.57. The molecule has 0 aliphatic rings. The van der Waals surface area contributed by atoms with Crippen LogP contribution in [0, 0.1) is 0 Å². The number of alkyl halides is 3. The first kappa shape index (κ1) is 20.4. The molecule has 2 aromatic carbocycles. The van der Waals surface area contributed by atoms with Crippen LogP contribution in [0.2, 0.25) is 0 Å². The third-order valence-electron chi connectivity index (χ3n) is 3.18. The van der Waals surface area contributed by atoms with Crippen LogP contribution in [-0.4, -0.2) is 23.1 Å². The van der Waals surface area contributed by atoms with E-state index >= 15 is 0 Å². The Hall–Kier alpha value is -2.88. The van der Waals surface area contributed by atoms with Gasteiger partial charge < -0.3 is 10.4 Å². The molecule has 10 heteroatoms. The Morgan fingerprint density at radius 2 is 1.89 bits per heavy atom. The molecule has 142 valence electrons. The fraction of sp³-hybridized carbons (Fsp3) is 0.118. The van der Waals surface area contributed by atoms with Gasteiger partial charge in [0.05, 0.1) is 11.8 Å². The largest absolute Gasteiger partial charge is 0.507 e. The Morgan fingerprint density at radius 3 is 2.59 bits per heavy atom. The Kier molecular flexibility index (Phi) is 6.56. The van der Waals surface area contributed by atoms with Gasteiger partial charge in [0.25, 0.3) is 0 Å². The zero-order valence-corrected chi connectivity index (χ0v) is 15.1. The Labute approximate surface area is 160 Å². The molecule has 0 spiro atoms. The maximum atomic E-state index is 12.6. The third kappa shape index (κ3) is 6.41. The highest BCUT2D eigenvalue weighted by molar-refractivity contribution is 9.10. The second kappa shape index (κ2) is 8.67. The molecule has 0 atom stereocenters. The van der Waals surface area contributed by atoms with E-state index in [-0.39, 0.29) is 11.4 Å². The standard InChI is InChI=1S/C17H13BrF3N3O3/c18-12-4-5-14(25)10(6-12)9-22-24-16(27)8-15(26)23-13-3-1-2-11(7-13)17(19,20)21/h1-7,9,25H,8H2,(H,23,26)(H,24,27)/b22-9+. The summed E-state index contributed by atoms with van der Waals surface area (Å²) in [6.07, 6.45) is -3.99. The summed E-state index contributed by atoms with van der Waals surface area (Å²) < 4.78 is 38.6. The number of carbonyl (C=O) groups is 2. The Balaban J connectivity index is 1.90. The summed E-state index contributed by atoms with van der Waals surface area (Å²) in [7, 11) is 0. The van der Waals surface area contributed by atoms with Gasteiger partial charge in [0, 0.05) is 15.7 Å². The average molecular weight is 444 g/mol. The fourth-order valence-electron chi connectivity index (χ4n) is 1.97. The van der Waals surface area contributed by atoms with E-state index in [0.717, 1.165) is 18.2 Å². The molecule has 0 saturated heterocycles. The van der Waals surface area contributed by atoms with E-state index in [1.165, 1.54) is 18.3 Å². The van der Waals surface area contributed by atoms with Gasteiger partial charge in [-0.1, -0.05) is 22.0 Å². The second-order valence-corrected chi connectivity index (χ2v) is 6.22. The molecule has 0 unspecified atom stereocenters. The lowest BCUT2D eigenvalue weighted by Crippen LogP contribution is -2.24. The first-order valence-corrected chi connectivity index (χ1v) is 8.22. The second-order valence-electron chi connectivity index (χ2n) is 5.30. The number of rotatable bonds is 5. The van der Waals surface area contributed by atoms with Gasteiger partial charge in [0.15, 0.2) is 0 Å². The molecule has 0 radical (unpaired) electrons. The lowest BCUT2D eigenvalue weighted by molar-refractivity contribution is -0.137. The van der Waals surface area contributed by atoms with Crippen molar-refractivity contribution < 1.29 is 27.9 Å². The molecule has 2 rings (SSSR count). The third-order valence-corrected chi connectivity index (χ3v) is 3.67. The summed E-state index contributed by atoms with van der Waals surface area (Å²) in [5.41, 5.74) is 1.43. The summed E-state index contributed by atoms with van der Waals surface area (Å²) in [5, 5.41) is 15.4. The number of aromatic hydroxyl groups is 1. The molecule has 0 aliphatic heterocycles. The van der Waals surface area contributed by atoms with Crippen molar-refractivity contribution in [3.63, 3.8) is 0 Å². The Morgan fingerprint density at radius 1 is 1.15 bits per heavy atom. The molecule has 0 fully saturated rings. The van der Waals surface area contributed by atoms with Crippen LogP contribution in [0.4, 0.5) is 18.9 Å². The highest BCUT2D eigenvalue weighted by Crippen LogP contribution is 2.30. The van der Waals surface area contributed by atoms with Crippen molar-refractivity contribution in [3.8, 4) is 5.75 Å². The van der Waals surface area contributed by atoms with Crippen molar-refractivity contribution in [1.82, 2.24) is 5.43 Å². The van der Waals surface area contributed by atoms with Crippen molar-refractivity contribution in [2.45, 2.75) is 12.6 Å². The highest BCUT2D eigenvalue weighted by Gasteiger charge is 2.30. The number of phenolic OH excluding ortho intramolecular Hbond substituents is 1. The summed E-state index contributed by atoms with van der Waals surface area (Å²) in [4.78, 5) is 23.4. The molecule has 27 heavy (non-hydrogen) atoms. The van der Waals surface area contributed by atoms with E-state index < -0.39 is 30.0 Å². The van der Waals surface area contributed by atoms with E-state index in [9.17, 15) is 27.9 Å². The van der Waals surface area contributed by atoms with Gasteiger partial charge in [-0.25, -0.2) is 5.43 Å². The predicted molar refractivity (Wildman–Crippen MR) is 96.2 cm³/mol. The van der Waals surface area contributed by atoms with E-state index in [2.05, 4.69) is 31.8 Å². The predicted octanol–water partition coefficient (Wildman–Crippen LogP) is 3.65. The molecule has 0 aliphatic carbocycles. The number of nitrogens with zero attached hydrogens (tertiary/aromatic N) is 1. The summed E-state index contributed by atoms with van der Waals surface area (Å²) in [5.74, 6) is -1.63. The van der Waals surface area contributed by atoms with Crippen LogP contribution < -0.4 is 10.7 Å². The zero-order chi connectivity index (χ0) is 20.0. The monoisotopic (exact) mass is 443 g/mol. The minimum atomic E-state index is -4.54. The maximum Gasteiger partial charge on any atom is 0.416 e. The molecule has 0 aromatic heterocycles. The minimum absolute atomic E-state index is 0.0570. The Bertz CT molecular complexity index is 885. The molecule has 3 N–H and O–H groups in total. The fourth-order valence-corrected chi connectivity index (χ4v) is 2.35. The molecule has 0 heterocycles. The molecular formula is C17H13BrF3N3O3. The van der Waals surface area contributed by atoms with Gasteiger partial charge >= 0.3 is 6.18 Å². The molecule has 2 aromatic rings. The quantitative estimate of drug-likeness (QED) is 0.374. The molecule has 2 amide bonds. The van der Waals surface area contributed by atoms with Crippen LogP contribution in [0.3, 0.4) is 0 Å². The maximum absolute atomic E-state index is 12.6. The van der Waals surface area contributed by atoms with Crippen LogP contribution in [0.1, 0.15) is 17.5 Å². The van der Waals surface area contributed by atoms with Crippen LogP contribution in [-0.2, 0) is 15.8 Å². The molecule has 6 nitrogen and oxygen atoms in total. The topological polar surface area (TPSA) is 90.8 Å². The van der Waals surface area contributed by atoms with Crippen molar-refractivity contribution in [2.75, 3.05) is 5.32 Å². The number of amides is 2. The van der Waals surface area contributed by atoms with Gasteiger partial charge in [-0.2, -0.15) is 18.3 Å². The van der Waals surface area contributed by atoms with Gasteiger partial charge in [-0.3, -0.25) is 9.59 Å². The normalized spacial score (nSPS) is 11.4. The van der Waals surface area contributed by atoms with Crippen molar-refractivity contribution in [2.24, 2.45) is 5.10 Å². The number of hydrogen-bond donors (Lipinski definition) is 3. The number of nitrogens with one attached hydrogen (secondary N) is 2. The first-order valence-electron chi connectivity index (χ1n) is 7.42. The molecular weight excluding hydrogens is 431 g/mol. The number of carbonyl (C=O) groups excluding carboxylic acids is 2. The smallest absolute Gasteiger partial charge is 0.416 e. The van der Waals surface area contributed by atoms with Crippen LogP contribution in [0.5, 0.6) is 5.75 Å². The highest BCUT2D eigenvalue weighted by atomic mass is 79.9. The van der Waals surface area contributed by atoms with Crippen LogP contribution in [0.25, 0.3) is 0 Å². The van der Waals surface area contributed by atoms with Crippen molar-refractivity contribution in [3.05, 3.63) is 58.1 Å². The van der Waals surface area contributed by atoms with Gasteiger partial charge in [0.1, 0.15) is 12.2 Å². The van der Waals surface area contributed by atoms with Gasteiger partial charge in [-0.15, -0.1) is 0 Å². The van der Waals surface area contributed by atoms with Crippen LogP contribution in [0.15, 0.2) is 52.0 Å². The summed E-state index contributed by atoms with van der Waals surface area (Å²) >= 11 is 3.22. The number of hydrazone groups is 1. The van der Waals surface area contributed by atoms with E-state index in [1.807, 2.05) is 0 Å². The lowest BCUT2D eigenvalue weighted by Gasteiger charge is -2.09. The summed E-state index contributed by atoms with van der Waals surface area (Å²) in [6, 6.07) is 8.66. The lowest BCUT2D eigenvalue weighted by atomic mass is 10.2. The number of phenols is 1. The van der Waals surface area contributed by atoms with E-state index in [0.29, 0.717) is 10.0 Å². The SMILES string of the molecule is O=C(CC(=O)Nc1cccc(C(F)(F)F)c1)N/N=C/c1cc(Br)ccc1O. The molecule has 0 saturated carbocycles. The minimum Gasteiger partial charge on any atom is -0.507 e. The van der Waals surface area contributed by atoms with Gasteiger partial charge in [-0.05, 0) is 36.4 Å². The number of halogens is 4. The van der Waals surface area contributed by atoms with Gasteiger partial charge in [0.2, 0.25) is 11.8 Å². The molecule has 0 bridgehead atoms.